The van der Waals surface area contributed by atoms with E-state index in [0.717, 1.165) is 11.8 Å². The molecule has 1 aliphatic carbocycles. The Bertz CT molecular complexity index is 88.6. The van der Waals surface area contributed by atoms with E-state index in [0.29, 0.717) is 0 Å². The fraction of sp³-hybridized carbons (Fsp3) is 0.500. The van der Waals surface area contributed by atoms with E-state index in [1.165, 1.54) is 12.8 Å². The van der Waals surface area contributed by atoms with Gasteiger partial charge in [-0.05, 0) is 24.7 Å². The molecule has 1 aliphatic rings. The van der Waals surface area contributed by atoms with Crippen molar-refractivity contribution in [3.63, 3.8) is 0 Å². The first-order valence-electron chi connectivity index (χ1n) is 3.13. The molecular formula is C8H12. The Kier molecular flexibility index (Phi) is 1.52. The zero-order chi connectivity index (χ0) is 5.98. The van der Waals surface area contributed by atoms with Gasteiger partial charge in [-0.3, -0.25) is 0 Å². The summed E-state index contributed by atoms with van der Waals surface area (Å²) in [5.74, 6) is 1.49. The lowest BCUT2D eigenvalue weighted by atomic mass is 9.74. The second-order valence-electron chi connectivity index (χ2n) is 2.38. The van der Waals surface area contributed by atoms with Crippen LogP contribution in [0.1, 0.15) is 12.8 Å². The van der Waals surface area contributed by atoms with E-state index in [1.807, 2.05) is 12.2 Å². The number of allylic oxidation sites excluding steroid dienone is 2. The second kappa shape index (κ2) is 2.17. The molecule has 44 valence electrons. The van der Waals surface area contributed by atoms with Crippen LogP contribution >= 0.6 is 0 Å². The summed E-state index contributed by atoms with van der Waals surface area (Å²) in [7, 11) is 0. The van der Waals surface area contributed by atoms with Crippen LogP contribution in [0.25, 0.3) is 0 Å². The van der Waals surface area contributed by atoms with Gasteiger partial charge in [0.15, 0.2) is 0 Å². The van der Waals surface area contributed by atoms with Crippen LogP contribution in [0.3, 0.4) is 0 Å². The molecule has 0 unspecified atom stereocenters. The maximum absolute atomic E-state index is 3.73. The van der Waals surface area contributed by atoms with E-state index < -0.39 is 0 Å². The standard InChI is InChI=1S/C8H12/c1-3-7-5-6-8(7)4-2/h3-4,7-8H,1-2,5-6H2/t7-,8-/m1/s1. The molecule has 0 aromatic rings. The van der Waals surface area contributed by atoms with Gasteiger partial charge in [0.05, 0.1) is 0 Å². The van der Waals surface area contributed by atoms with Crippen LogP contribution in [-0.4, -0.2) is 0 Å². The Hall–Kier alpha value is -0.520. The minimum absolute atomic E-state index is 0.743. The summed E-state index contributed by atoms with van der Waals surface area (Å²) in [5, 5.41) is 0. The van der Waals surface area contributed by atoms with Gasteiger partial charge in [-0.1, -0.05) is 12.2 Å². The lowest BCUT2D eigenvalue weighted by Gasteiger charge is -2.31. The van der Waals surface area contributed by atoms with Gasteiger partial charge in [0.1, 0.15) is 0 Å². The Morgan fingerprint density at radius 2 is 1.38 bits per heavy atom. The van der Waals surface area contributed by atoms with Crippen LogP contribution in [0.15, 0.2) is 25.3 Å². The summed E-state index contributed by atoms with van der Waals surface area (Å²) in [6, 6.07) is 0. The predicted octanol–water partition coefficient (Wildman–Crippen LogP) is 2.38. The molecule has 0 bridgehead atoms. The third kappa shape index (κ3) is 0.706. The summed E-state index contributed by atoms with van der Waals surface area (Å²) < 4.78 is 0. The largest absolute Gasteiger partial charge is 0.103 e. The summed E-state index contributed by atoms with van der Waals surface area (Å²) in [5.41, 5.74) is 0. The smallest absolute Gasteiger partial charge is 0.0173 e. The molecule has 0 spiro atoms. The quantitative estimate of drug-likeness (QED) is 0.476. The van der Waals surface area contributed by atoms with E-state index in [1.54, 1.807) is 0 Å². The van der Waals surface area contributed by atoms with Crippen LogP contribution in [0, 0.1) is 11.8 Å². The predicted molar refractivity (Wildman–Crippen MR) is 36.6 cm³/mol. The van der Waals surface area contributed by atoms with Crippen LogP contribution in [0.2, 0.25) is 0 Å². The van der Waals surface area contributed by atoms with Gasteiger partial charge in [0.2, 0.25) is 0 Å². The van der Waals surface area contributed by atoms with Crippen molar-refractivity contribution < 1.29 is 0 Å². The van der Waals surface area contributed by atoms with Crippen molar-refractivity contribution in [1.29, 1.82) is 0 Å². The van der Waals surface area contributed by atoms with Gasteiger partial charge in [0.25, 0.3) is 0 Å². The summed E-state index contributed by atoms with van der Waals surface area (Å²) in [6.45, 7) is 7.47. The SMILES string of the molecule is C=C[C@@H]1CC[C@H]1C=C. The number of hydrogen-bond acceptors (Lipinski definition) is 0. The van der Waals surface area contributed by atoms with Gasteiger partial charge in [0, 0.05) is 0 Å². The van der Waals surface area contributed by atoms with E-state index in [4.69, 9.17) is 0 Å². The van der Waals surface area contributed by atoms with E-state index in [2.05, 4.69) is 13.2 Å². The molecule has 0 aromatic carbocycles. The molecule has 1 rings (SSSR count). The number of rotatable bonds is 2. The van der Waals surface area contributed by atoms with Crippen molar-refractivity contribution in [2.24, 2.45) is 11.8 Å². The molecule has 0 nitrogen and oxygen atoms in total. The van der Waals surface area contributed by atoms with Crippen LogP contribution in [0.4, 0.5) is 0 Å². The highest BCUT2D eigenvalue weighted by atomic mass is 14.3. The molecule has 2 atom stereocenters. The molecule has 0 aliphatic heterocycles. The molecule has 0 saturated heterocycles. The highest BCUT2D eigenvalue weighted by Gasteiger charge is 2.24. The molecule has 1 fully saturated rings. The first kappa shape index (κ1) is 5.61. The second-order valence-corrected chi connectivity index (χ2v) is 2.38. The Balaban J connectivity index is 2.36. The fourth-order valence-corrected chi connectivity index (χ4v) is 1.14. The molecule has 0 radical (unpaired) electrons. The Labute approximate surface area is 50.9 Å². The van der Waals surface area contributed by atoms with Gasteiger partial charge in [-0.15, -0.1) is 13.2 Å². The Morgan fingerprint density at radius 3 is 1.50 bits per heavy atom. The minimum atomic E-state index is 0.743. The van der Waals surface area contributed by atoms with Crippen molar-refractivity contribution >= 4 is 0 Å². The van der Waals surface area contributed by atoms with Gasteiger partial charge < -0.3 is 0 Å². The summed E-state index contributed by atoms with van der Waals surface area (Å²) in [4.78, 5) is 0. The first-order chi connectivity index (χ1) is 3.88. The van der Waals surface area contributed by atoms with Crippen LogP contribution in [-0.2, 0) is 0 Å². The van der Waals surface area contributed by atoms with Gasteiger partial charge in [-0.25, -0.2) is 0 Å². The normalized spacial score (nSPS) is 35.5. The highest BCUT2D eigenvalue weighted by molar-refractivity contribution is 4.99. The molecule has 0 heterocycles. The molecule has 0 amide bonds. The minimum Gasteiger partial charge on any atom is -0.103 e. The monoisotopic (exact) mass is 108 g/mol. The first-order valence-corrected chi connectivity index (χ1v) is 3.13. The molecule has 0 heteroatoms. The molecule has 1 saturated carbocycles. The maximum Gasteiger partial charge on any atom is -0.0173 e. The molecule has 0 N–H and O–H groups in total. The Morgan fingerprint density at radius 1 is 1.00 bits per heavy atom. The number of hydrogen-bond donors (Lipinski definition) is 0. The lowest BCUT2D eigenvalue weighted by molar-refractivity contribution is 0.287. The average molecular weight is 108 g/mol. The van der Waals surface area contributed by atoms with E-state index >= 15 is 0 Å². The van der Waals surface area contributed by atoms with Crippen molar-refractivity contribution in [2.75, 3.05) is 0 Å². The fourth-order valence-electron chi connectivity index (χ4n) is 1.14. The highest BCUT2D eigenvalue weighted by Crippen LogP contribution is 2.35. The molecule has 0 aromatic heterocycles. The topological polar surface area (TPSA) is 0 Å². The third-order valence-electron chi connectivity index (χ3n) is 1.99. The van der Waals surface area contributed by atoms with Gasteiger partial charge in [-0.2, -0.15) is 0 Å². The van der Waals surface area contributed by atoms with E-state index in [9.17, 15) is 0 Å². The average Bonchev–Trinajstić information content (AvgIpc) is 1.66. The van der Waals surface area contributed by atoms with Crippen molar-refractivity contribution in [2.45, 2.75) is 12.8 Å². The van der Waals surface area contributed by atoms with Crippen molar-refractivity contribution in [3.05, 3.63) is 25.3 Å². The maximum atomic E-state index is 3.73. The summed E-state index contributed by atoms with van der Waals surface area (Å²) >= 11 is 0. The van der Waals surface area contributed by atoms with E-state index in [-0.39, 0.29) is 0 Å². The van der Waals surface area contributed by atoms with Crippen molar-refractivity contribution in [1.82, 2.24) is 0 Å². The summed E-state index contributed by atoms with van der Waals surface area (Å²) in [6.07, 6.45) is 6.71. The third-order valence-corrected chi connectivity index (χ3v) is 1.99. The molecule has 8 heavy (non-hydrogen) atoms. The van der Waals surface area contributed by atoms with Crippen molar-refractivity contribution in [3.8, 4) is 0 Å². The van der Waals surface area contributed by atoms with Gasteiger partial charge >= 0.3 is 0 Å². The molecular weight excluding hydrogens is 96.1 g/mol. The zero-order valence-corrected chi connectivity index (χ0v) is 5.14. The lowest BCUT2D eigenvalue weighted by Crippen LogP contribution is -2.20. The zero-order valence-electron chi connectivity index (χ0n) is 5.14. The van der Waals surface area contributed by atoms with Crippen LogP contribution < -0.4 is 0 Å². The van der Waals surface area contributed by atoms with Crippen LogP contribution in [0.5, 0.6) is 0 Å².